The predicted molar refractivity (Wildman–Crippen MR) is 67.7 cm³/mol. The molecule has 1 aromatic rings. The standard InChI is InChI=1S/C14H18O3/c1-11(2)17-10-9-13-5-3-12(4-6-13)7-8-14(15)16/h3-6,9-11H,7-8H2,1-2H3,(H,15,16). The third-order valence-corrected chi connectivity index (χ3v) is 2.22. The number of ether oxygens (including phenoxy) is 1. The minimum atomic E-state index is -0.765. The van der Waals surface area contributed by atoms with E-state index in [1.54, 1.807) is 6.26 Å². The van der Waals surface area contributed by atoms with Crippen LogP contribution >= 0.6 is 0 Å². The molecule has 0 spiro atoms. The third kappa shape index (κ3) is 5.76. The fraction of sp³-hybridized carbons (Fsp3) is 0.357. The van der Waals surface area contributed by atoms with Crippen LogP contribution in [0.1, 0.15) is 31.4 Å². The van der Waals surface area contributed by atoms with Crippen LogP contribution in [0.4, 0.5) is 0 Å². The Labute approximate surface area is 102 Å². The van der Waals surface area contributed by atoms with E-state index >= 15 is 0 Å². The summed E-state index contributed by atoms with van der Waals surface area (Å²) in [5, 5.41) is 8.57. The van der Waals surface area contributed by atoms with Gasteiger partial charge in [0.1, 0.15) is 0 Å². The fourth-order valence-corrected chi connectivity index (χ4v) is 1.32. The number of aryl methyl sites for hydroxylation is 1. The number of carbonyl (C=O) groups is 1. The lowest BCUT2D eigenvalue weighted by molar-refractivity contribution is -0.136. The van der Waals surface area contributed by atoms with Gasteiger partial charge in [0, 0.05) is 6.42 Å². The summed E-state index contributed by atoms with van der Waals surface area (Å²) in [5.41, 5.74) is 2.08. The molecule has 3 nitrogen and oxygen atoms in total. The predicted octanol–water partition coefficient (Wildman–Crippen LogP) is 3.10. The smallest absolute Gasteiger partial charge is 0.303 e. The number of aliphatic carboxylic acids is 1. The minimum absolute atomic E-state index is 0.172. The lowest BCUT2D eigenvalue weighted by Gasteiger charge is -2.03. The van der Waals surface area contributed by atoms with Gasteiger partial charge in [0.25, 0.3) is 0 Å². The third-order valence-electron chi connectivity index (χ3n) is 2.22. The number of benzene rings is 1. The Balaban J connectivity index is 2.50. The fourth-order valence-electron chi connectivity index (χ4n) is 1.32. The van der Waals surface area contributed by atoms with Crippen molar-refractivity contribution in [1.29, 1.82) is 0 Å². The Morgan fingerprint density at radius 1 is 1.35 bits per heavy atom. The molecular formula is C14H18O3. The van der Waals surface area contributed by atoms with Gasteiger partial charge in [0.15, 0.2) is 0 Å². The molecule has 92 valence electrons. The van der Waals surface area contributed by atoms with Gasteiger partial charge in [-0.15, -0.1) is 0 Å². The lowest BCUT2D eigenvalue weighted by Crippen LogP contribution is -1.97. The van der Waals surface area contributed by atoms with E-state index in [9.17, 15) is 4.79 Å². The first kappa shape index (κ1) is 13.3. The van der Waals surface area contributed by atoms with Crippen LogP contribution in [0.2, 0.25) is 0 Å². The molecule has 0 radical (unpaired) electrons. The molecule has 0 bridgehead atoms. The van der Waals surface area contributed by atoms with Crippen LogP contribution < -0.4 is 0 Å². The highest BCUT2D eigenvalue weighted by Gasteiger charge is 1.98. The maximum atomic E-state index is 10.4. The average Bonchev–Trinajstić information content (AvgIpc) is 2.27. The van der Waals surface area contributed by atoms with Crippen LogP contribution in [0.3, 0.4) is 0 Å². The van der Waals surface area contributed by atoms with Crippen molar-refractivity contribution >= 4 is 12.0 Å². The molecule has 0 saturated carbocycles. The van der Waals surface area contributed by atoms with E-state index in [1.165, 1.54) is 0 Å². The van der Waals surface area contributed by atoms with Crippen molar-refractivity contribution in [1.82, 2.24) is 0 Å². The minimum Gasteiger partial charge on any atom is -0.499 e. The molecule has 0 amide bonds. The molecule has 0 heterocycles. The molecule has 1 rings (SSSR count). The van der Waals surface area contributed by atoms with Crippen molar-refractivity contribution in [3.8, 4) is 0 Å². The molecule has 0 atom stereocenters. The molecule has 17 heavy (non-hydrogen) atoms. The van der Waals surface area contributed by atoms with Crippen LogP contribution in [0.5, 0.6) is 0 Å². The van der Waals surface area contributed by atoms with Gasteiger partial charge in [-0.05, 0) is 37.5 Å². The first-order valence-corrected chi connectivity index (χ1v) is 5.70. The number of hydrogen-bond donors (Lipinski definition) is 1. The van der Waals surface area contributed by atoms with Crippen molar-refractivity contribution in [2.24, 2.45) is 0 Å². The maximum absolute atomic E-state index is 10.4. The van der Waals surface area contributed by atoms with Gasteiger partial charge in [-0.3, -0.25) is 4.79 Å². The summed E-state index contributed by atoms with van der Waals surface area (Å²) in [6.45, 7) is 3.94. The molecule has 0 fully saturated rings. The second-order valence-electron chi connectivity index (χ2n) is 4.12. The van der Waals surface area contributed by atoms with Crippen LogP contribution in [0.15, 0.2) is 30.5 Å². The quantitative estimate of drug-likeness (QED) is 0.769. The highest BCUT2D eigenvalue weighted by atomic mass is 16.5. The molecule has 0 aliphatic heterocycles. The molecule has 0 aromatic heterocycles. The Hall–Kier alpha value is -1.77. The molecule has 3 heteroatoms. The molecule has 0 aliphatic carbocycles. The van der Waals surface area contributed by atoms with Gasteiger partial charge in [-0.25, -0.2) is 0 Å². The summed E-state index contributed by atoms with van der Waals surface area (Å²) in [5.74, 6) is -0.765. The molecule has 1 N–H and O–H groups in total. The van der Waals surface area contributed by atoms with E-state index < -0.39 is 5.97 Å². The van der Waals surface area contributed by atoms with E-state index in [1.807, 2.05) is 44.2 Å². The molecular weight excluding hydrogens is 216 g/mol. The highest BCUT2D eigenvalue weighted by Crippen LogP contribution is 2.08. The number of hydrogen-bond acceptors (Lipinski definition) is 2. The van der Waals surface area contributed by atoms with Gasteiger partial charge >= 0.3 is 5.97 Å². The summed E-state index contributed by atoms with van der Waals surface area (Å²) in [7, 11) is 0. The van der Waals surface area contributed by atoms with Crippen LogP contribution in [-0.4, -0.2) is 17.2 Å². The second-order valence-corrected chi connectivity index (χ2v) is 4.12. The summed E-state index contributed by atoms with van der Waals surface area (Å²) >= 11 is 0. The van der Waals surface area contributed by atoms with Crippen molar-refractivity contribution in [2.45, 2.75) is 32.8 Å². The van der Waals surface area contributed by atoms with E-state index in [2.05, 4.69) is 0 Å². The zero-order chi connectivity index (χ0) is 12.7. The molecule has 1 aromatic carbocycles. The monoisotopic (exact) mass is 234 g/mol. The zero-order valence-electron chi connectivity index (χ0n) is 10.2. The summed E-state index contributed by atoms with van der Waals surface area (Å²) in [4.78, 5) is 10.4. The van der Waals surface area contributed by atoms with E-state index in [4.69, 9.17) is 9.84 Å². The number of carboxylic acid groups (broad SMARTS) is 1. The number of carboxylic acids is 1. The van der Waals surface area contributed by atoms with E-state index in [0.717, 1.165) is 11.1 Å². The van der Waals surface area contributed by atoms with Gasteiger partial charge < -0.3 is 9.84 Å². The Morgan fingerprint density at radius 3 is 2.53 bits per heavy atom. The van der Waals surface area contributed by atoms with Crippen molar-refractivity contribution in [3.05, 3.63) is 41.7 Å². The van der Waals surface area contributed by atoms with Crippen LogP contribution in [-0.2, 0) is 16.0 Å². The van der Waals surface area contributed by atoms with Gasteiger partial charge in [0.2, 0.25) is 0 Å². The summed E-state index contributed by atoms with van der Waals surface area (Å²) in [6.07, 6.45) is 4.49. The van der Waals surface area contributed by atoms with Crippen molar-refractivity contribution in [2.75, 3.05) is 0 Å². The van der Waals surface area contributed by atoms with E-state index in [0.29, 0.717) is 6.42 Å². The maximum Gasteiger partial charge on any atom is 0.303 e. The Kier molecular flexibility index (Phi) is 5.27. The normalized spacial score (nSPS) is 11.0. The largest absolute Gasteiger partial charge is 0.499 e. The summed E-state index contributed by atoms with van der Waals surface area (Å²) in [6, 6.07) is 7.80. The Morgan fingerprint density at radius 2 is 2.00 bits per heavy atom. The first-order chi connectivity index (χ1) is 8.08. The van der Waals surface area contributed by atoms with Crippen molar-refractivity contribution in [3.63, 3.8) is 0 Å². The SMILES string of the molecule is CC(C)OC=Cc1ccc(CCC(=O)O)cc1. The van der Waals surface area contributed by atoms with Gasteiger partial charge in [0.05, 0.1) is 12.4 Å². The highest BCUT2D eigenvalue weighted by molar-refractivity contribution is 5.67. The molecule has 0 saturated heterocycles. The van der Waals surface area contributed by atoms with Crippen LogP contribution in [0, 0.1) is 0 Å². The topological polar surface area (TPSA) is 46.5 Å². The lowest BCUT2D eigenvalue weighted by atomic mass is 10.1. The summed E-state index contributed by atoms with van der Waals surface area (Å²) < 4.78 is 5.30. The van der Waals surface area contributed by atoms with E-state index in [-0.39, 0.29) is 12.5 Å². The number of rotatable bonds is 6. The average molecular weight is 234 g/mol. The first-order valence-electron chi connectivity index (χ1n) is 5.70. The zero-order valence-corrected chi connectivity index (χ0v) is 10.2. The van der Waals surface area contributed by atoms with Gasteiger partial charge in [-0.2, -0.15) is 0 Å². The second kappa shape index (κ2) is 6.74. The molecule has 0 aliphatic rings. The Bertz CT molecular complexity index is 377. The van der Waals surface area contributed by atoms with Crippen molar-refractivity contribution < 1.29 is 14.6 Å². The molecule has 0 unspecified atom stereocenters. The van der Waals surface area contributed by atoms with Crippen LogP contribution in [0.25, 0.3) is 6.08 Å². The van der Waals surface area contributed by atoms with Gasteiger partial charge in [-0.1, -0.05) is 24.3 Å².